The van der Waals surface area contributed by atoms with Gasteiger partial charge < -0.3 is 10.2 Å². The van der Waals surface area contributed by atoms with Crippen molar-refractivity contribution in [1.82, 2.24) is 20.3 Å². The van der Waals surface area contributed by atoms with E-state index in [0.717, 1.165) is 13.1 Å². The Morgan fingerprint density at radius 2 is 1.56 bits per heavy atom. The first kappa shape index (κ1) is 10.5. The Kier molecular flexibility index (Phi) is 2.61. The predicted molar refractivity (Wildman–Crippen MR) is 62.0 cm³/mol. The fraction of sp³-hybridized carbons (Fsp3) is 0.667. The number of piperazine rings is 1. The third-order valence-corrected chi connectivity index (χ3v) is 3.41. The summed E-state index contributed by atoms with van der Waals surface area (Å²) >= 11 is 11.5. The zero-order valence-electron chi connectivity index (χ0n) is 8.53. The Bertz CT molecular complexity index is 381. The van der Waals surface area contributed by atoms with E-state index in [4.69, 9.17) is 23.2 Å². The molecular weight excluding hydrogens is 249 g/mol. The van der Waals surface area contributed by atoms with Crippen molar-refractivity contribution < 1.29 is 0 Å². The van der Waals surface area contributed by atoms with E-state index in [1.807, 2.05) is 0 Å². The van der Waals surface area contributed by atoms with Gasteiger partial charge in [-0.2, -0.15) is 15.0 Å². The molecule has 2 aliphatic rings. The minimum absolute atomic E-state index is 0.154. The third-order valence-electron chi connectivity index (χ3n) is 3.07. The second-order valence-corrected chi connectivity index (χ2v) is 4.89. The minimum atomic E-state index is 0.154. The Morgan fingerprint density at radius 3 is 2.12 bits per heavy atom. The van der Waals surface area contributed by atoms with Crippen molar-refractivity contribution in [1.29, 1.82) is 0 Å². The van der Waals surface area contributed by atoms with Gasteiger partial charge in [0.2, 0.25) is 16.5 Å². The average Bonchev–Trinajstić information content (AvgIpc) is 2.56. The van der Waals surface area contributed by atoms with Crippen molar-refractivity contribution in [3.05, 3.63) is 10.6 Å². The normalized spacial score (nSPS) is 28.5. The van der Waals surface area contributed by atoms with Gasteiger partial charge in [0.05, 0.1) is 0 Å². The molecule has 0 amide bonds. The molecule has 1 aromatic rings. The van der Waals surface area contributed by atoms with Crippen molar-refractivity contribution in [2.45, 2.75) is 24.9 Å². The maximum Gasteiger partial charge on any atom is 0.231 e. The van der Waals surface area contributed by atoms with Crippen LogP contribution in [0.1, 0.15) is 12.8 Å². The number of nitrogens with zero attached hydrogens (tertiary/aromatic N) is 4. The standard InChI is InChI=1S/C9H11Cl2N5/c10-7-13-8(11)15-9(14-7)16-3-5-1-2-6(4-16)12-5/h5-6,12H,1-4H2. The second-order valence-electron chi connectivity index (χ2n) is 4.22. The molecule has 0 aliphatic carbocycles. The van der Waals surface area contributed by atoms with Crippen molar-refractivity contribution in [3.63, 3.8) is 0 Å². The van der Waals surface area contributed by atoms with E-state index in [9.17, 15) is 0 Å². The maximum atomic E-state index is 5.77. The van der Waals surface area contributed by atoms with Crippen LogP contribution in [0.4, 0.5) is 5.95 Å². The van der Waals surface area contributed by atoms with Crippen LogP contribution in [0.2, 0.25) is 10.6 Å². The first-order valence-electron chi connectivity index (χ1n) is 5.29. The van der Waals surface area contributed by atoms with Gasteiger partial charge in [0.15, 0.2) is 0 Å². The first-order chi connectivity index (χ1) is 7.70. The molecule has 2 saturated heterocycles. The molecule has 3 rings (SSSR count). The lowest BCUT2D eigenvalue weighted by Crippen LogP contribution is -2.51. The third kappa shape index (κ3) is 1.95. The van der Waals surface area contributed by atoms with Crippen LogP contribution < -0.4 is 10.2 Å². The first-order valence-corrected chi connectivity index (χ1v) is 6.04. The monoisotopic (exact) mass is 259 g/mol. The van der Waals surface area contributed by atoms with Gasteiger partial charge in [-0.15, -0.1) is 0 Å². The fourth-order valence-corrected chi connectivity index (χ4v) is 2.77. The lowest BCUT2D eigenvalue weighted by Gasteiger charge is -2.32. The van der Waals surface area contributed by atoms with Gasteiger partial charge in [-0.3, -0.25) is 0 Å². The van der Waals surface area contributed by atoms with Crippen LogP contribution in [-0.2, 0) is 0 Å². The van der Waals surface area contributed by atoms with Crippen LogP contribution in [0.15, 0.2) is 0 Å². The fourth-order valence-electron chi connectivity index (χ4n) is 2.42. The summed E-state index contributed by atoms with van der Waals surface area (Å²) < 4.78 is 0. The largest absolute Gasteiger partial charge is 0.338 e. The van der Waals surface area contributed by atoms with Crippen molar-refractivity contribution in [3.8, 4) is 0 Å². The highest BCUT2D eigenvalue weighted by Gasteiger charge is 2.33. The van der Waals surface area contributed by atoms with Crippen LogP contribution in [-0.4, -0.2) is 40.1 Å². The summed E-state index contributed by atoms with van der Waals surface area (Å²) in [7, 11) is 0. The zero-order valence-corrected chi connectivity index (χ0v) is 10.0. The lowest BCUT2D eigenvalue weighted by molar-refractivity contribution is 0.460. The summed E-state index contributed by atoms with van der Waals surface area (Å²) in [6, 6.07) is 1.07. The van der Waals surface area contributed by atoms with E-state index in [1.165, 1.54) is 12.8 Å². The van der Waals surface area contributed by atoms with Crippen LogP contribution in [0.5, 0.6) is 0 Å². The number of fused-ring (bicyclic) bond motifs is 2. The van der Waals surface area contributed by atoms with E-state index in [2.05, 4.69) is 25.2 Å². The van der Waals surface area contributed by atoms with Gasteiger partial charge >= 0.3 is 0 Å². The molecule has 86 valence electrons. The van der Waals surface area contributed by atoms with Crippen LogP contribution >= 0.6 is 23.2 Å². The molecule has 2 fully saturated rings. The molecule has 2 atom stereocenters. The summed E-state index contributed by atoms with van der Waals surface area (Å²) in [6.45, 7) is 1.82. The van der Waals surface area contributed by atoms with Gasteiger partial charge in [-0.05, 0) is 36.0 Å². The number of hydrogen-bond acceptors (Lipinski definition) is 5. The van der Waals surface area contributed by atoms with E-state index < -0.39 is 0 Å². The van der Waals surface area contributed by atoms with E-state index in [1.54, 1.807) is 0 Å². The van der Waals surface area contributed by atoms with Crippen LogP contribution in [0.3, 0.4) is 0 Å². The Balaban J connectivity index is 1.86. The Morgan fingerprint density at radius 1 is 1.00 bits per heavy atom. The van der Waals surface area contributed by atoms with E-state index >= 15 is 0 Å². The molecule has 1 N–H and O–H groups in total. The number of rotatable bonds is 1. The highest BCUT2D eigenvalue weighted by molar-refractivity contribution is 6.31. The topological polar surface area (TPSA) is 53.9 Å². The molecule has 3 heterocycles. The second kappa shape index (κ2) is 3.98. The quantitative estimate of drug-likeness (QED) is 0.820. The molecule has 2 unspecified atom stereocenters. The maximum absolute atomic E-state index is 5.77. The SMILES string of the molecule is Clc1nc(Cl)nc(N2CC3CCC(C2)N3)n1. The number of hydrogen-bond donors (Lipinski definition) is 1. The molecule has 2 aliphatic heterocycles. The smallest absolute Gasteiger partial charge is 0.231 e. The summed E-state index contributed by atoms with van der Waals surface area (Å²) in [4.78, 5) is 14.1. The van der Waals surface area contributed by atoms with Gasteiger partial charge in [0, 0.05) is 25.2 Å². The number of aromatic nitrogens is 3. The number of anilines is 1. The van der Waals surface area contributed by atoms with E-state index in [-0.39, 0.29) is 10.6 Å². The molecule has 1 aromatic heterocycles. The average molecular weight is 260 g/mol. The summed E-state index contributed by atoms with van der Waals surface area (Å²) in [5, 5.41) is 3.85. The number of nitrogens with one attached hydrogen (secondary N) is 1. The highest BCUT2D eigenvalue weighted by atomic mass is 35.5. The molecule has 2 bridgehead atoms. The van der Waals surface area contributed by atoms with E-state index in [0.29, 0.717) is 18.0 Å². The molecule has 0 spiro atoms. The predicted octanol–water partition coefficient (Wildman–Crippen LogP) is 1.12. The zero-order chi connectivity index (χ0) is 11.1. The van der Waals surface area contributed by atoms with Gasteiger partial charge in [-0.25, -0.2) is 0 Å². The molecular formula is C9H11Cl2N5. The summed E-state index contributed by atoms with van der Waals surface area (Å²) in [5.41, 5.74) is 0. The molecule has 0 radical (unpaired) electrons. The Labute approximate surface area is 103 Å². The van der Waals surface area contributed by atoms with Gasteiger partial charge in [-0.1, -0.05) is 0 Å². The van der Waals surface area contributed by atoms with Crippen molar-refractivity contribution >= 4 is 29.2 Å². The van der Waals surface area contributed by atoms with Gasteiger partial charge in [0.25, 0.3) is 0 Å². The minimum Gasteiger partial charge on any atom is -0.338 e. The number of halogens is 2. The van der Waals surface area contributed by atoms with Crippen LogP contribution in [0.25, 0.3) is 0 Å². The van der Waals surface area contributed by atoms with Crippen molar-refractivity contribution in [2.75, 3.05) is 18.0 Å². The Hall–Kier alpha value is -0.650. The highest BCUT2D eigenvalue weighted by Crippen LogP contribution is 2.23. The molecule has 0 saturated carbocycles. The molecule has 5 nitrogen and oxygen atoms in total. The van der Waals surface area contributed by atoms with Crippen LogP contribution in [0, 0.1) is 0 Å². The molecule has 0 aromatic carbocycles. The molecule has 7 heteroatoms. The summed E-state index contributed by atoms with van der Waals surface area (Å²) in [5.74, 6) is 0.586. The summed E-state index contributed by atoms with van der Waals surface area (Å²) in [6.07, 6.45) is 2.43. The van der Waals surface area contributed by atoms with Gasteiger partial charge in [0.1, 0.15) is 0 Å². The molecule has 16 heavy (non-hydrogen) atoms. The van der Waals surface area contributed by atoms with Crippen molar-refractivity contribution in [2.24, 2.45) is 0 Å². The lowest BCUT2D eigenvalue weighted by atomic mass is 10.2.